The lowest BCUT2D eigenvalue weighted by atomic mass is 9.85. The minimum atomic E-state index is -0.488. The van der Waals surface area contributed by atoms with Gasteiger partial charge in [0.2, 0.25) is 0 Å². The molecule has 1 aromatic heterocycles. The zero-order valence-electron chi connectivity index (χ0n) is 16.3. The Bertz CT molecular complexity index is 913. The summed E-state index contributed by atoms with van der Waals surface area (Å²) in [7, 11) is 0. The number of phenolic OH excluding ortho intramolecular Hbond substituents is 1. The van der Waals surface area contributed by atoms with Crippen molar-refractivity contribution in [3.8, 4) is 5.75 Å². The monoisotopic (exact) mass is 382 g/mol. The Balaban J connectivity index is 1.61. The fraction of sp³-hybridized carbons (Fsp3) is 0.636. The van der Waals surface area contributed by atoms with Gasteiger partial charge in [-0.25, -0.2) is 4.98 Å². The van der Waals surface area contributed by atoms with E-state index < -0.39 is 5.91 Å². The van der Waals surface area contributed by atoms with E-state index in [0.717, 1.165) is 44.0 Å². The molecule has 150 valence electrons. The fourth-order valence-corrected chi connectivity index (χ4v) is 6.09. The Morgan fingerprint density at radius 1 is 1.14 bits per heavy atom. The van der Waals surface area contributed by atoms with Crippen LogP contribution in [0.3, 0.4) is 0 Å². The predicted octanol–water partition coefficient (Wildman–Crippen LogP) is 3.26. The molecule has 0 spiro atoms. The Hall–Kier alpha value is -2.08. The van der Waals surface area contributed by atoms with Crippen molar-refractivity contribution in [3.63, 3.8) is 0 Å². The zero-order chi connectivity index (χ0) is 19.4. The van der Waals surface area contributed by atoms with Crippen molar-refractivity contribution in [1.29, 1.82) is 0 Å². The Morgan fingerprint density at radius 3 is 2.57 bits per heavy atom. The molecule has 3 unspecified atom stereocenters. The molecule has 0 aliphatic heterocycles. The quantitative estimate of drug-likeness (QED) is 0.754. The highest BCUT2D eigenvalue weighted by Crippen LogP contribution is 2.53. The van der Waals surface area contributed by atoms with E-state index >= 15 is 0 Å². The third-order valence-electron chi connectivity index (χ3n) is 7.57. The van der Waals surface area contributed by atoms with Gasteiger partial charge in [0.15, 0.2) is 0 Å². The highest BCUT2D eigenvalue weighted by molar-refractivity contribution is 6.05. The number of hydrogen-bond acceptors (Lipinski definition) is 4. The number of fused-ring (bicyclic) bond motifs is 3. The molecule has 28 heavy (non-hydrogen) atoms. The Labute approximate surface area is 165 Å². The maximum atomic E-state index is 12.0. The first kappa shape index (κ1) is 18.0. The minimum absolute atomic E-state index is 0.189. The molecular formula is C22H30N4O2. The maximum absolute atomic E-state index is 12.0. The summed E-state index contributed by atoms with van der Waals surface area (Å²) in [5, 5.41) is 10.7. The van der Waals surface area contributed by atoms with Crippen LogP contribution in [0.15, 0.2) is 12.1 Å². The van der Waals surface area contributed by atoms with Gasteiger partial charge in [-0.3, -0.25) is 4.79 Å². The Kier molecular flexibility index (Phi) is 4.34. The molecule has 6 heteroatoms. The lowest BCUT2D eigenvalue weighted by Crippen LogP contribution is -2.28. The number of carbonyl (C=O) groups is 1. The normalized spacial score (nSPS) is 32.2. The largest absolute Gasteiger partial charge is 0.506 e. The molecule has 2 aromatic rings. The summed E-state index contributed by atoms with van der Waals surface area (Å²) >= 11 is 0. The lowest BCUT2D eigenvalue weighted by molar-refractivity contribution is 0.100. The van der Waals surface area contributed by atoms with E-state index in [4.69, 9.17) is 16.5 Å². The molecule has 3 aliphatic carbocycles. The SMILES string of the molecule is NC(=O)c1ccc(O)c2c1nc(C1CC3CCC1C3)n2CC1CCC(N)CC1. The van der Waals surface area contributed by atoms with Crippen LogP contribution in [-0.4, -0.2) is 26.6 Å². The van der Waals surface area contributed by atoms with Crippen molar-refractivity contribution in [3.05, 3.63) is 23.5 Å². The fourth-order valence-electron chi connectivity index (χ4n) is 6.09. The first-order valence-electron chi connectivity index (χ1n) is 10.8. The zero-order valence-corrected chi connectivity index (χ0v) is 16.3. The van der Waals surface area contributed by atoms with E-state index in [1.165, 1.54) is 25.7 Å². The molecule has 5 N–H and O–H groups in total. The number of rotatable bonds is 4. The summed E-state index contributed by atoms with van der Waals surface area (Å²) in [6, 6.07) is 3.50. The van der Waals surface area contributed by atoms with Crippen molar-refractivity contribution in [2.45, 2.75) is 69.9 Å². The smallest absolute Gasteiger partial charge is 0.250 e. The van der Waals surface area contributed by atoms with Crippen molar-refractivity contribution in [2.24, 2.45) is 29.2 Å². The number of phenols is 1. The second-order valence-corrected chi connectivity index (χ2v) is 9.34. The van der Waals surface area contributed by atoms with Crippen molar-refractivity contribution >= 4 is 16.9 Å². The molecule has 5 rings (SSSR count). The van der Waals surface area contributed by atoms with Crippen LogP contribution in [0.1, 0.15) is 73.5 Å². The van der Waals surface area contributed by atoms with Gasteiger partial charge in [-0.05, 0) is 74.8 Å². The number of hydrogen-bond donors (Lipinski definition) is 3. The highest BCUT2D eigenvalue weighted by atomic mass is 16.3. The molecule has 1 aromatic carbocycles. The maximum Gasteiger partial charge on any atom is 0.250 e. The number of nitrogens with two attached hydrogens (primary N) is 2. The highest BCUT2D eigenvalue weighted by Gasteiger charge is 2.43. The molecule has 3 fully saturated rings. The number of aromatic nitrogens is 2. The number of primary amides is 1. The third-order valence-corrected chi connectivity index (χ3v) is 7.57. The van der Waals surface area contributed by atoms with E-state index in [9.17, 15) is 9.90 Å². The van der Waals surface area contributed by atoms with E-state index in [0.29, 0.717) is 40.4 Å². The summed E-state index contributed by atoms with van der Waals surface area (Å²) in [4.78, 5) is 17.0. The lowest BCUT2D eigenvalue weighted by Gasteiger charge is -2.29. The average Bonchev–Trinajstić information content (AvgIpc) is 3.38. The first-order valence-corrected chi connectivity index (χ1v) is 10.8. The number of carbonyl (C=O) groups excluding carboxylic acids is 1. The van der Waals surface area contributed by atoms with Crippen LogP contribution in [0.4, 0.5) is 0 Å². The number of aromatic hydroxyl groups is 1. The molecule has 3 saturated carbocycles. The van der Waals surface area contributed by atoms with Gasteiger partial charge in [0.05, 0.1) is 5.56 Å². The molecule has 3 aliphatic rings. The second-order valence-electron chi connectivity index (χ2n) is 9.34. The van der Waals surface area contributed by atoms with Crippen LogP contribution in [0, 0.1) is 17.8 Å². The van der Waals surface area contributed by atoms with Gasteiger partial charge in [0.1, 0.15) is 22.6 Å². The van der Waals surface area contributed by atoms with Gasteiger partial charge in [0, 0.05) is 18.5 Å². The van der Waals surface area contributed by atoms with Gasteiger partial charge in [-0.1, -0.05) is 6.42 Å². The predicted molar refractivity (Wildman–Crippen MR) is 108 cm³/mol. The molecule has 1 heterocycles. The molecule has 2 bridgehead atoms. The van der Waals surface area contributed by atoms with Gasteiger partial charge >= 0.3 is 0 Å². The van der Waals surface area contributed by atoms with E-state index in [-0.39, 0.29) is 5.75 Å². The summed E-state index contributed by atoms with van der Waals surface area (Å²) < 4.78 is 2.23. The van der Waals surface area contributed by atoms with Gasteiger partial charge < -0.3 is 21.1 Å². The molecule has 3 atom stereocenters. The van der Waals surface area contributed by atoms with Crippen LogP contribution in [-0.2, 0) is 6.54 Å². The van der Waals surface area contributed by atoms with Crippen LogP contribution >= 0.6 is 0 Å². The van der Waals surface area contributed by atoms with E-state index in [1.54, 1.807) is 12.1 Å². The number of amides is 1. The third kappa shape index (κ3) is 2.89. The molecular weight excluding hydrogens is 352 g/mol. The van der Waals surface area contributed by atoms with Crippen molar-refractivity contribution in [2.75, 3.05) is 0 Å². The molecule has 6 nitrogen and oxygen atoms in total. The molecule has 0 radical (unpaired) electrons. The van der Waals surface area contributed by atoms with E-state index in [1.807, 2.05) is 0 Å². The average molecular weight is 383 g/mol. The second kappa shape index (κ2) is 6.76. The summed E-state index contributed by atoms with van der Waals surface area (Å²) in [6.07, 6.45) is 9.39. The van der Waals surface area contributed by atoms with Crippen molar-refractivity contribution in [1.82, 2.24) is 9.55 Å². The number of imidazole rings is 1. The summed E-state index contributed by atoms with van der Waals surface area (Å²) in [5.41, 5.74) is 13.4. The van der Waals surface area contributed by atoms with Gasteiger partial charge in [-0.2, -0.15) is 0 Å². The number of benzene rings is 1. The van der Waals surface area contributed by atoms with Crippen LogP contribution in [0.5, 0.6) is 5.75 Å². The van der Waals surface area contributed by atoms with Crippen LogP contribution in [0.25, 0.3) is 11.0 Å². The molecule has 0 saturated heterocycles. The van der Waals surface area contributed by atoms with Gasteiger partial charge in [0.25, 0.3) is 5.91 Å². The van der Waals surface area contributed by atoms with Gasteiger partial charge in [-0.15, -0.1) is 0 Å². The number of nitrogens with zero attached hydrogens (tertiary/aromatic N) is 2. The first-order chi connectivity index (χ1) is 13.5. The summed E-state index contributed by atoms with van der Waals surface area (Å²) in [5.74, 6) is 3.20. The minimum Gasteiger partial charge on any atom is -0.506 e. The Morgan fingerprint density at radius 2 is 1.93 bits per heavy atom. The summed E-state index contributed by atoms with van der Waals surface area (Å²) in [6.45, 7) is 0.836. The molecule has 1 amide bonds. The van der Waals surface area contributed by atoms with Crippen molar-refractivity contribution < 1.29 is 9.90 Å². The van der Waals surface area contributed by atoms with Crippen LogP contribution in [0.2, 0.25) is 0 Å². The standard InChI is InChI=1S/C22H30N4O2/c23-15-5-2-12(3-6-15)11-26-20-18(27)8-7-16(21(24)28)19(20)25-22(26)17-10-13-1-4-14(17)9-13/h7-8,12-15,17,27H,1-6,9-11,23H2,(H2,24,28). The van der Waals surface area contributed by atoms with Crippen LogP contribution < -0.4 is 11.5 Å². The topological polar surface area (TPSA) is 107 Å². The van der Waals surface area contributed by atoms with E-state index in [2.05, 4.69) is 4.57 Å².